The van der Waals surface area contributed by atoms with Crippen LogP contribution in [0.1, 0.15) is 82.3 Å². The van der Waals surface area contributed by atoms with E-state index < -0.39 is 5.91 Å². The molecule has 7 nitrogen and oxygen atoms in total. The lowest BCUT2D eigenvalue weighted by Gasteiger charge is -2.56. The minimum atomic E-state index is -0.456. The summed E-state index contributed by atoms with van der Waals surface area (Å²) in [4.78, 5) is 17.3. The summed E-state index contributed by atoms with van der Waals surface area (Å²) in [6.45, 7) is 17.0. The van der Waals surface area contributed by atoms with Gasteiger partial charge in [-0.1, -0.05) is 41.5 Å². The first-order valence-corrected chi connectivity index (χ1v) is 13.3. The van der Waals surface area contributed by atoms with E-state index in [1.807, 2.05) is 45.0 Å². The van der Waals surface area contributed by atoms with Crippen LogP contribution in [0.3, 0.4) is 0 Å². The summed E-state index contributed by atoms with van der Waals surface area (Å²) < 4.78 is 6.15. The Morgan fingerprint density at radius 3 is 2.22 bits per heavy atom. The highest BCUT2D eigenvalue weighted by Crippen LogP contribution is 2.55. The Morgan fingerprint density at radius 2 is 1.78 bits per heavy atom. The van der Waals surface area contributed by atoms with E-state index >= 15 is 0 Å². The van der Waals surface area contributed by atoms with Gasteiger partial charge in [-0.3, -0.25) is 4.79 Å². The van der Waals surface area contributed by atoms with Crippen LogP contribution >= 0.6 is 0 Å². The van der Waals surface area contributed by atoms with E-state index in [1.54, 1.807) is 6.07 Å². The van der Waals surface area contributed by atoms with Crippen LogP contribution in [-0.4, -0.2) is 41.8 Å². The highest BCUT2D eigenvalue weighted by Gasteiger charge is 2.54. The molecule has 2 aromatic rings. The molecule has 1 amide bonds. The van der Waals surface area contributed by atoms with Gasteiger partial charge in [0.1, 0.15) is 17.7 Å². The zero-order valence-corrected chi connectivity index (χ0v) is 23.5. The first kappa shape index (κ1) is 30.1. The Bertz CT molecular complexity index is 1050. The van der Waals surface area contributed by atoms with Crippen molar-refractivity contribution in [2.24, 2.45) is 22.5 Å². The molecule has 0 atom stereocenters. The number of piperidine rings is 1. The second-order valence-electron chi connectivity index (χ2n) is 11.1. The lowest BCUT2D eigenvalue weighted by molar-refractivity contribution is -0.133. The van der Waals surface area contributed by atoms with Gasteiger partial charge in [0.2, 0.25) is 5.91 Å². The third kappa shape index (κ3) is 7.69. The molecule has 0 bridgehead atoms. The first-order chi connectivity index (χ1) is 17.5. The average molecular weight is 509 g/mol. The number of aliphatic hydroxyl groups excluding tert-OH is 1. The van der Waals surface area contributed by atoms with Crippen molar-refractivity contribution in [3.8, 4) is 11.8 Å². The molecule has 1 saturated carbocycles. The average Bonchev–Trinajstić information content (AvgIpc) is 2.88. The van der Waals surface area contributed by atoms with Crippen molar-refractivity contribution >= 4 is 11.7 Å². The molecular formula is C30H44N4O3. The standard InChI is InChI=1S/C16H21NO.C12H17N3O2.C2H6/c1-11-8-13(7-6-12(11)9-17)18-14-15(2,3)10-16(14,4)5;13-12(17)10-1-2-11(14-7-10)15-5-3-9(8-16)4-6-15;1-2/h6-8,14H,10H2,1-5H3;1-2,7,9,16H,3-6,8H2,(H2,13,17);1-2H3. The van der Waals surface area contributed by atoms with Gasteiger partial charge in [0.15, 0.2) is 0 Å². The zero-order valence-electron chi connectivity index (χ0n) is 23.5. The molecule has 202 valence electrons. The van der Waals surface area contributed by atoms with E-state index in [4.69, 9.17) is 20.8 Å². The molecule has 0 unspecified atom stereocenters. The van der Waals surface area contributed by atoms with E-state index in [-0.39, 0.29) is 23.5 Å². The third-order valence-corrected chi connectivity index (χ3v) is 7.13. The molecule has 4 rings (SSSR count). The number of aryl methyl sites for hydroxylation is 1. The largest absolute Gasteiger partial charge is 0.489 e. The number of carbonyl (C=O) groups is 1. The summed E-state index contributed by atoms with van der Waals surface area (Å²) in [5, 5.41) is 18.0. The van der Waals surface area contributed by atoms with Gasteiger partial charge >= 0.3 is 0 Å². The fourth-order valence-electron chi connectivity index (χ4n) is 5.64. The molecule has 1 aliphatic heterocycles. The van der Waals surface area contributed by atoms with Crippen molar-refractivity contribution in [1.29, 1.82) is 5.26 Å². The van der Waals surface area contributed by atoms with E-state index in [0.29, 0.717) is 11.5 Å². The molecule has 1 aliphatic carbocycles. The fourth-order valence-corrected chi connectivity index (χ4v) is 5.64. The highest BCUT2D eigenvalue weighted by molar-refractivity contribution is 5.92. The predicted octanol–water partition coefficient (Wildman–Crippen LogP) is 5.49. The number of anilines is 1. The number of nitriles is 1. The number of pyridine rings is 1. The minimum absolute atomic E-state index is 0.227. The Labute approximate surface area is 222 Å². The summed E-state index contributed by atoms with van der Waals surface area (Å²) in [6.07, 6.45) is 4.89. The zero-order chi connectivity index (χ0) is 27.8. The summed E-state index contributed by atoms with van der Waals surface area (Å²) >= 11 is 0. The number of rotatable bonds is 5. The number of primary amides is 1. The number of aliphatic hydroxyl groups is 1. The normalized spacial score (nSPS) is 18.2. The quantitative estimate of drug-likeness (QED) is 0.553. The Balaban J connectivity index is 0.000000244. The molecule has 3 N–H and O–H groups in total. The van der Waals surface area contributed by atoms with Gasteiger partial charge in [-0.2, -0.15) is 5.26 Å². The molecular weight excluding hydrogens is 464 g/mol. The van der Waals surface area contributed by atoms with Crippen molar-refractivity contribution in [3.63, 3.8) is 0 Å². The van der Waals surface area contributed by atoms with Gasteiger partial charge in [0, 0.05) is 36.7 Å². The van der Waals surface area contributed by atoms with E-state index in [9.17, 15) is 4.79 Å². The molecule has 2 fully saturated rings. The summed E-state index contributed by atoms with van der Waals surface area (Å²) in [7, 11) is 0. The van der Waals surface area contributed by atoms with E-state index in [0.717, 1.165) is 48.6 Å². The second-order valence-corrected chi connectivity index (χ2v) is 11.1. The predicted molar refractivity (Wildman–Crippen MR) is 149 cm³/mol. The maximum absolute atomic E-state index is 10.9. The smallest absolute Gasteiger partial charge is 0.250 e. The second kappa shape index (κ2) is 12.9. The highest BCUT2D eigenvalue weighted by atomic mass is 16.5. The Hall–Kier alpha value is -3.11. The third-order valence-electron chi connectivity index (χ3n) is 7.13. The van der Waals surface area contributed by atoms with Gasteiger partial charge < -0.3 is 20.5 Å². The number of ether oxygens (including phenoxy) is 1. The molecule has 1 aromatic heterocycles. The molecule has 37 heavy (non-hydrogen) atoms. The Morgan fingerprint density at radius 1 is 1.16 bits per heavy atom. The van der Waals surface area contributed by atoms with Crippen LogP contribution in [-0.2, 0) is 0 Å². The molecule has 1 saturated heterocycles. The number of benzene rings is 1. The van der Waals surface area contributed by atoms with E-state index in [1.165, 1.54) is 12.6 Å². The lowest BCUT2D eigenvalue weighted by Crippen LogP contribution is -2.58. The number of nitrogens with two attached hydrogens (primary N) is 1. The van der Waals surface area contributed by atoms with Crippen molar-refractivity contribution in [2.45, 2.75) is 73.8 Å². The SMILES string of the molecule is CC.Cc1cc(OC2C(C)(C)CC2(C)C)ccc1C#N.NC(=O)c1ccc(N2CCC(CO)CC2)nc1. The van der Waals surface area contributed by atoms with Crippen molar-refractivity contribution in [2.75, 3.05) is 24.6 Å². The van der Waals surface area contributed by atoms with Crippen LogP contribution in [0.5, 0.6) is 5.75 Å². The number of hydrogen-bond donors (Lipinski definition) is 2. The van der Waals surface area contributed by atoms with Gasteiger partial charge in [0.25, 0.3) is 0 Å². The first-order valence-electron chi connectivity index (χ1n) is 13.3. The summed E-state index contributed by atoms with van der Waals surface area (Å²) in [5.41, 5.74) is 7.74. The van der Waals surface area contributed by atoms with Crippen LogP contribution < -0.4 is 15.4 Å². The number of nitrogens with zero attached hydrogens (tertiary/aromatic N) is 3. The fraction of sp³-hybridized carbons (Fsp3) is 0.567. The molecule has 2 aliphatic rings. The van der Waals surface area contributed by atoms with Crippen LogP contribution in [0.15, 0.2) is 36.5 Å². The van der Waals surface area contributed by atoms with Crippen LogP contribution in [0, 0.1) is 35.0 Å². The topological polar surface area (TPSA) is 112 Å². The molecule has 0 radical (unpaired) electrons. The Kier molecular flexibility index (Phi) is 10.5. The lowest BCUT2D eigenvalue weighted by atomic mass is 9.53. The maximum Gasteiger partial charge on any atom is 0.250 e. The van der Waals surface area contributed by atoms with Gasteiger partial charge in [0.05, 0.1) is 17.2 Å². The molecule has 1 aromatic carbocycles. The molecule has 0 spiro atoms. The summed E-state index contributed by atoms with van der Waals surface area (Å²) in [6, 6.07) is 11.4. The number of amides is 1. The van der Waals surface area contributed by atoms with Crippen LogP contribution in [0.4, 0.5) is 5.82 Å². The van der Waals surface area contributed by atoms with Crippen LogP contribution in [0.25, 0.3) is 0 Å². The number of aromatic nitrogens is 1. The maximum atomic E-state index is 10.9. The van der Waals surface area contributed by atoms with Crippen molar-refractivity contribution in [1.82, 2.24) is 4.98 Å². The van der Waals surface area contributed by atoms with E-state index in [2.05, 4.69) is 43.6 Å². The van der Waals surface area contributed by atoms with Gasteiger partial charge in [-0.25, -0.2) is 4.98 Å². The molecule has 7 heteroatoms. The summed E-state index contributed by atoms with van der Waals surface area (Å²) in [5.74, 6) is 1.70. The van der Waals surface area contributed by atoms with Gasteiger partial charge in [-0.15, -0.1) is 0 Å². The van der Waals surface area contributed by atoms with Crippen LogP contribution in [0.2, 0.25) is 0 Å². The minimum Gasteiger partial charge on any atom is -0.489 e. The van der Waals surface area contributed by atoms with Crippen molar-refractivity contribution in [3.05, 3.63) is 53.2 Å². The monoisotopic (exact) mass is 508 g/mol. The molecule has 2 heterocycles. The number of hydrogen-bond acceptors (Lipinski definition) is 6. The van der Waals surface area contributed by atoms with Gasteiger partial charge in [-0.05, 0) is 68.0 Å². The number of carbonyl (C=O) groups excluding carboxylic acids is 1. The van der Waals surface area contributed by atoms with Crippen molar-refractivity contribution < 1.29 is 14.6 Å².